The Bertz CT molecular complexity index is 823. The van der Waals surface area contributed by atoms with Crippen molar-refractivity contribution in [2.75, 3.05) is 47.8 Å². The summed E-state index contributed by atoms with van der Waals surface area (Å²) >= 11 is 0. The van der Waals surface area contributed by atoms with Gasteiger partial charge < -0.3 is 78.4 Å². The molecule has 42 heavy (non-hydrogen) atoms. The van der Waals surface area contributed by atoms with Crippen molar-refractivity contribution >= 4 is 0 Å². The maximum absolute atomic E-state index is 11.4. The lowest BCUT2D eigenvalue weighted by atomic mass is 9.90. The number of rotatable bonds is 13. The molecule has 0 aromatic rings. The molecule has 0 aromatic heterocycles. The molecule has 3 aliphatic heterocycles. The van der Waals surface area contributed by atoms with Crippen molar-refractivity contribution in [2.24, 2.45) is 0 Å². The summed E-state index contributed by atoms with van der Waals surface area (Å²) in [4.78, 5) is 0. The summed E-state index contributed by atoms with van der Waals surface area (Å²) in [6, 6.07) is 0. The molecule has 16 nitrogen and oxygen atoms in total. The van der Waals surface area contributed by atoms with Gasteiger partial charge in [-0.3, -0.25) is 0 Å². The highest BCUT2D eigenvalue weighted by molar-refractivity contribution is 5.02. The van der Waals surface area contributed by atoms with Crippen LogP contribution in [0.5, 0.6) is 0 Å². The number of hydrogen-bond acceptors (Lipinski definition) is 16. The van der Waals surface area contributed by atoms with Gasteiger partial charge >= 0.3 is 0 Å². The summed E-state index contributed by atoms with van der Waals surface area (Å²) in [5.41, 5.74) is 0. The van der Waals surface area contributed by atoms with Crippen LogP contribution in [0, 0.1) is 0 Å². The Kier molecular flexibility index (Phi) is 12.9. The zero-order valence-electron chi connectivity index (χ0n) is 24.8. The predicted octanol–water partition coefficient (Wildman–Crippen LogP) is -3.40. The van der Waals surface area contributed by atoms with Gasteiger partial charge in [-0.25, -0.2) is 0 Å². The molecule has 0 aromatic carbocycles. The van der Waals surface area contributed by atoms with E-state index in [9.17, 15) is 35.7 Å². The molecule has 0 saturated carbocycles. The summed E-state index contributed by atoms with van der Waals surface area (Å²) in [5.74, 6) is -3.80. The zero-order chi connectivity index (χ0) is 31.4. The highest BCUT2D eigenvalue weighted by Crippen LogP contribution is 2.40. The Morgan fingerprint density at radius 2 is 1.21 bits per heavy atom. The first-order chi connectivity index (χ1) is 19.8. The van der Waals surface area contributed by atoms with Gasteiger partial charge in [-0.1, -0.05) is 6.92 Å². The van der Waals surface area contributed by atoms with E-state index in [2.05, 4.69) is 0 Å². The molecule has 3 saturated heterocycles. The summed E-state index contributed by atoms with van der Waals surface area (Å²) in [6.07, 6.45) is -18.0. The lowest BCUT2D eigenvalue weighted by Gasteiger charge is -2.54. The second-order valence-corrected chi connectivity index (χ2v) is 11.1. The van der Waals surface area contributed by atoms with Crippen LogP contribution in [-0.4, -0.2) is 175 Å². The molecule has 3 rings (SSSR count). The van der Waals surface area contributed by atoms with Gasteiger partial charge in [0.05, 0.1) is 19.8 Å². The van der Waals surface area contributed by atoms with Crippen molar-refractivity contribution in [3.05, 3.63) is 0 Å². The summed E-state index contributed by atoms with van der Waals surface area (Å²) in [5, 5.41) is 74.9. The molecule has 3 heterocycles. The van der Waals surface area contributed by atoms with Crippen LogP contribution in [0.15, 0.2) is 0 Å². The van der Waals surface area contributed by atoms with Crippen LogP contribution in [0.4, 0.5) is 0 Å². The summed E-state index contributed by atoms with van der Waals surface area (Å²) in [7, 11) is 4.02. The third-order valence-corrected chi connectivity index (χ3v) is 7.84. The van der Waals surface area contributed by atoms with E-state index in [0.29, 0.717) is 6.61 Å². The third kappa shape index (κ3) is 7.42. The Morgan fingerprint density at radius 3 is 1.81 bits per heavy atom. The molecule has 0 aliphatic carbocycles. The normalized spacial score (nSPS) is 48.4. The highest BCUT2D eigenvalue weighted by atomic mass is 16.8. The van der Waals surface area contributed by atoms with Gasteiger partial charge in [-0.15, -0.1) is 0 Å². The lowest BCUT2D eigenvalue weighted by molar-refractivity contribution is -0.428. The number of aliphatic hydroxyl groups is 7. The third-order valence-electron chi connectivity index (χ3n) is 7.84. The molecule has 6 unspecified atom stereocenters. The maximum atomic E-state index is 11.4. The lowest BCUT2D eigenvalue weighted by Crippen LogP contribution is -2.72. The first-order valence-electron chi connectivity index (χ1n) is 14.0. The molecule has 0 spiro atoms. The highest BCUT2D eigenvalue weighted by Gasteiger charge is 2.60. The van der Waals surface area contributed by atoms with Crippen molar-refractivity contribution in [3.8, 4) is 0 Å². The minimum atomic E-state index is -2.02. The molecule has 0 amide bonds. The fourth-order valence-corrected chi connectivity index (χ4v) is 5.66. The van der Waals surface area contributed by atoms with Crippen molar-refractivity contribution in [1.82, 2.24) is 0 Å². The molecule has 248 valence electrons. The first kappa shape index (κ1) is 35.8. The molecule has 0 bridgehead atoms. The van der Waals surface area contributed by atoms with Gasteiger partial charge in [0, 0.05) is 27.9 Å². The largest absolute Gasteiger partial charge is 0.387 e. The minimum absolute atomic E-state index is 0.0593. The number of aliphatic hydroxyl groups excluding tert-OH is 7. The topological polar surface area (TPSA) is 225 Å². The number of hydrogen-bond donors (Lipinski definition) is 7. The van der Waals surface area contributed by atoms with Gasteiger partial charge in [0.25, 0.3) is 0 Å². The Balaban J connectivity index is 1.86. The van der Waals surface area contributed by atoms with E-state index >= 15 is 0 Å². The average Bonchev–Trinajstić information content (AvgIpc) is 2.94. The van der Waals surface area contributed by atoms with Crippen molar-refractivity contribution in [3.63, 3.8) is 0 Å². The number of ether oxygens (including phenoxy) is 9. The van der Waals surface area contributed by atoms with Crippen LogP contribution in [0.3, 0.4) is 0 Å². The van der Waals surface area contributed by atoms with Gasteiger partial charge in [0.15, 0.2) is 17.9 Å². The van der Waals surface area contributed by atoms with Crippen molar-refractivity contribution < 1.29 is 78.4 Å². The van der Waals surface area contributed by atoms with E-state index in [-0.39, 0.29) is 19.8 Å². The molecule has 7 N–H and O–H groups in total. The molecule has 16 heteroatoms. The van der Waals surface area contributed by atoms with Gasteiger partial charge in [-0.2, -0.15) is 0 Å². The van der Waals surface area contributed by atoms with E-state index in [1.54, 1.807) is 0 Å². The van der Waals surface area contributed by atoms with Crippen LogP contribution in [0.1, 0.15) is 27.2 Å². The Morgan fingerprint density at radius 1 is 0.643 bits per heavy atom. The van der Waals surface area contributed by atoms with Crippen LogP contribution in [0.2, 0.25) is 0 Å². The second-order valence-electron chi connectivity index (χ2n) is 11.1. The van der Waals surface area contributed by atoms with Crippen LogP contribution in [-0.2, 0) is 42.6 Å². The molecule has 3 aliphatic rings. The second kappa shape index (κ2) is 15.1. The van der Waals surface area contributed by atoms with E-state index in [4.69, 9.17) is 42.6 Å². The fourth-order valence-electron chi connectivity index (χ4n) is 5.66. The molecule has 0 radical (unpaired) electrons. The van der Waals surface area contributed by atoms with Crippen LogP contribution >= 0.6 is 0 Å². The van der Waals surface area contributed by atoms with Crippen molar-refractivity contribution in [2.45, 2.75) is 118 Å². The summed E-state index contributed by atoms with van der Waals surface area (Å²) in [6.45, 7) is 4.68. The summed E-state index contributed by atoms with van der Waals surface area (Å²) < 4.78 is 51.0. The first-order valence-corrected chi connectivity index (χ1v) is 14.0. The molecule has 15 atom stereocenters. The van der Waals surface area contributed by atoms with E-state index < -0.39 is 91.1 Å². The predicted molar refractivity (Wildman–Crippen MR) is 139 cm³/mol. The molecular formula is C26H48O16. The zero-order valence-corrected chi connectivity index (χ0v) is 24.8. The smallest absolute Gasteiger partial charge is 0.195 e. The monoisotopic (exact) mass is 616 g/mol. The standard InChI is InChI=1S/C26H48O16/c1-7-8-37-11-12-15(27)17(29)23(36-6)26(3,39-12)42-21-14(10-35-5)40-25(2,22(32)19(21)31)41-20-13(9-34-4)38-24(33)18(30)16(20)28/h12-24,27-33H,7-11H2,1-6H3/t12-,13-,14?,15+,16?,17?,18?,19?,20+,21+,22-,23?,24+,25-,26-/m0/s1. The van der Waals surface area contributed by atoms with Gasteiger partial charge in [-0.05, 0) is 20.3 Å². The van der Waals surface area contributed by atoms with E-state index in [1.807, 2.05) is 6.92 Å². The minimum Gasteiger partial charge on any atom is -0.387 e. The van der Waals surface area contributed by atoms with Crippen molar-refractivity contribution in [1.29, 1.82) is 0 Å². The van der Waals surface area contributed by atoms with Crippen LogP contribution in [0.25, 0.3) is 0 Å². The van der Waals surface area contributed by atoms with Gasteiger partial charge in [0.1, 0.15) is 73.2 Å². The quantitative estimate of drug-likeness (QED) is 0.100. The number of methoxy groups -OCH3 is 3. The van der Waals surface area contributed by atoms with E-state index in [1.165, 1.54) is 35.2 Å². The SMILES string of the molecule is CCCOC[C@@H]1O[C@@](C)(O[C@@H]2C(COC)O[C@@](C)(O[C@H]3C(O)C(O)[C@H](O)O[C@H]3COC)[C@@H](O)C2O)C(OC)C(O)[C@@H]1O. The average molecular weight is 617 g/mol. The molecule has 3 fully saturated rings. The fraction of sp³-hybridized carbons (Fsp3) is 1.00. The Labute approximate surface area is 244 Å². The Hall–Kier alpha value is -0.640. The van der Waals surface area contributed by atoms with Crippen LogP contribution < -0.4 is 0 Å². The maximum Gasteiger partial charge on any atom is 0.195 e. The van der Waals surface area contributed by atoms with Gasteiger partial charge in [0.2, 0.25) is 0 Å². The molecular weight excluding hydrogens is 568 g/mol. The van der Waals surface area contributed by atoms with E-state index in [0.717, 1.165) is 6.42 Å².